The van der Waals surface area contributed by atoms with Crippen LogP contribution >= 0.6 is 15.9 Å². The van der Waals surface area contributed by atoms with Gasteiger partial charge in [0.05, 0.1) is 4.47 Å². The molecule has 0 amide bonds. The number of hydrogen-bond donors (Lipinski definition) is 2. The van der Waals surface area contributed by atoms with Crippen LogP contribution in [0.4, 0.5) is 0 Å². The number of aromatic nitrogens is 3. The Kier molecular flexibility index (Phi) is 2.39. The normalized spacial score (nSPS) is 11.0. The Hall–Kier alpha value is -1.14. The molecule has 5 nitrogen and oxygen atoms in total. The van der Waals surface area contributed by atoms with Gasteiger partial charge in [-0.2, -0.15) is 0 Å². The van der Waals surface area contributed by atoms with E-state index in [9.17, 15) is 4.79 Å². The van der Waals surface area contributed by atoms with Crippen molar-refractivity contribution in [1.29, 1.82) is 0 Å². The van der Waals surface area contributed by atoms with Crippen LogP contribution in [0.3, 0.4) is 0 Å². The zero-order valence-electron chi connectivity index (χ0n) is 7.33. The number of halogens is 1. The third kappa shape index (κ3) is 1.46. The smallest absolute Gasteiger partial charge is 0.272 e. The Morgan fingerprint density at radius 3 is 3.14 bits per heavy atom. The average Bonchev–Trinajstić information content (AvgIpc) is 2.49. The van der Waals surface area contributed by atoms with Crippen molar-refractivity contribution in [1.82, 2.24) is 14.6 Å². The first-order valence-electron chi connectivity index (χ1n) is 4.18. The van der Waals surface area contributed by atoms with Crippen LogP contribution in [0.1, 0.15) is 5.69 Å². The largest absolute Gasteiger partial charge is 0.330 e. The summed E-state index contributed by atoms with van der Waals surface area (Å²) in [4.78, 5) is 15.8. The van der Waals surface area contributed by atoms with Gasteiger partial charge in [0.2, 0.25) is 0 Å². The van der Waals surface area contributed by atoms with Gasteiger partial charge in [0.25, 0.3) is 5.56 Å². The number of fused-ring (bicyclic) bond motifs is 1. The molecule has 2 aromatic rings. The molecule has 0 aliphatic heterocycles. The van der Waals surface area contributed by atoms with Crippen molar-refractivity contribution >= 4 is 21.6 Å². The third-order valence-corrected chi connectivity index (χ3v) is 2.49. The number of nitrogens with zero attached hydrogens (tertiary/aromatic N) is 2. The third-order valence-electron chi connectivity index (χ3n) is 1.91. The highest BCUT2D eigenvalue weighted by Gasteiger charge is 2.05. The summed E-state index contributed by atoms with van der Waals surface area (Å²) in [5, 5.41) is 2.79. The molecule has 2 rings (SSSR count). The summed E-state index contributed by atoms with van der Waals surface area (Å²) >= 11 is 3.30. The van der Waals surface area contributed by atoms with E-state index in [1.807, 2.05) is 0 Å². The fraction of sp³-hybridized carbons (Fsp3) is 0.250. The van der Waals surface area contributed by atoms with Gasteiger partial charge in [0, 0.05) is 24.4 Å². The molecule has 0 saturated carbocycles. The zero-order valence-corrected chi connectivity index (χ0v) is 8.91. The van der Waals surface area contributed by atoms with Gasteiger partial charge in [-0.3, -0.25) is 9.89 Å². The molecule has 0 aliphatic carbocycles. The maximum atomic E-state index is 11.5. The molecule has 14 heavy (non-hydrogen) atoms. The first kappa shape index (κ1) is 9.42. The summed E-state index contributed by atoms with van der Waals surface area (Å²) in [7, 11) is 0. The van der Waals surface area contributed by atoms with Gasteiger partial charge in [-0.05, 0) is 22.5 Å². The molecule has 3 N–H and O–H groups in total. The van der Waals surface area contributed by atoms with Crippen LogP contribution in [0, 0.1) is 0 Å². The van der Waals surface area contributed by atoms with Crippen molar-refractivity contribution in [2.75, 3.05) is 6.54 Å². The van der Waals surface area contributed by atoms with Gasteiger partial charge in [-0.15, -0.1) is 0 Å². The van der Waals surface area contributed by atoms with Gasteiger partial charge in [-0.1, -0.05) is 0 Å². The first-order valence-corrected chi connectivity index (χ1v) is 4.97. The van der Waals surface area contributed by atoms with Crippen LogP contribution in [0.15, 0.2) is 21.5 Å². The minimum atomic E-state index is -0.121. The molecule has 0 radical (unpaired) electrons. The lowest BCUT2D eigenvalue weighted by atomic mass is 10.3. The molecule has 0 saturated heterocycles. The fourth-order valence-corrected chi connectivity index (χ4v) is 1.64. The van der Waals surface area contributed by atoms with Crippen molar-refractivity contribution < 1.29 is 0 Å². The molecule has 0 fully saturated rings. The highest BCUT2D eigenvalue weighted by molar-refractivity contribution is 9.10. The van der Waals surface area contributed by atoms with Crippen LogP contribution in [0.2, 0.25) is 0 Å². The predicted octanol–water partition coefficient (Wildman–Crippen LogP) is 0.286. The molecule has 0 bridgehead atoms. The van der Waals surface area contributed by atoms with Crippen LogP contribution in [0.25, 0.3) is 5.65 Å². The van der Waals surface area contributed by atoms with E-state index in [0.717, 1.165) is 10.2 Å². The van der Waals surface area contributed by atoms with Gasteiger partial charge < -0.3 is 5.73 Å². The molecule has 2 heterocycles. The maximum Gasteiger partial charge on any atom is 0.272 e. The molecular weight excluding hydrogens is 248 g/mol. The molecule has 0 spiro atoms. The Labute approximate surface area is 88.1 Å². The number of H-pyrrole nitrogens is 1. The van der Waals surface area contributed by atoms with Crippen LogP contribution in [-0.2, 0) is 6.42 Å². The van der Waals surface area contributed by atoms with Crippen LogP contribution in [0.5, 0.6) is 0 Å². The van der Waals surface area contributed by atoms with Crippen molar-refractivity contribution in [2.45, 2.75) is 6.42 Å². The van der Waals surface area contributed by atoms with Gasteiger partial charge in [-0.25, -0.2) is 9.50 Å². The second-order valence-corrected chi connectivity index (χ2v) is 3.76. The Morgan fingerprint density at radius 2 is 2.43 bits per heavy atom. The first-order chi connectivity index (χ1) is 6.72. The minimum absolute atomic E-state index is 0.121. The molecular formula is C8H9BrN4O. The lowest BCUT2D eigenvalue weighted by Gasteiger charge is -1.98. The molecule has 0 aliphatic rings. The van der Waals surface area contributed by atoms with Gasteiger partial charge in [0.1, 0.15) is 0 Å². The highest BCUT2D eigenvalue weighted by atomic mass is 79.9. The van der Waals surface area contributed by atoms with Crippen molar-refractivity contribution in [3.05, 3.63) is 32.8 Å². The summed E-state index contributed by atoms with van der Waals surface area (Å²) in [5.74, 6) is 0. The molecule has 0 aromatic carbocycles. The number of nitrogens with one attached hydrogen (secondary N) is 1. The fourth-order valence-electron chi connectivity index (χ4n) is 1.28. The second kappa shape index (κ2) is 3.55. The standard InChI is InChI=1S/C8H9BrN4O/c9-6-4-11-13-7(14)3-5(1-2-10)12-8(6)13/h3-4,11H,1-2,10H2. The quantitative estimate of drug-likeness (QED) is 0.811. The number of hydrogen-bond acceptors (Lipinski definition) is 3. The number of rotatable bonds is 2. The predicted molar refractivity (Wildman–Crippen MR) is 56.3 cm³/mol. The Morgan fingerprint density at radius 1 is 1.64 bits per heavy atom. The van der Waals surface area contributed by atoms with Crippen molar-refractivity contribution in [3.63, 3.8) is 0 Å². The van der Waals surface area contributed by atoms with Crippen LogP contribution in [-0.4, -0.2) is 21.1 Å². The zero-order chi connectivity index (χ0) is 10.1. The van der Waals surface area contributed by atoms with E-state index < -0.39 is 0 Å². The summed E-state index contributed by atoms with van der Waals surface area (Å²) in [6.07, 6.45) is 2.29. The summed E-state index contributed by atoms with van der Waals surface area (Å²) in [6.45, 7) is 0.491. The Balaban J connectivity index is 2.69. The summed E-state index contributed by atoms with van der Waals surface area (Å²) in [6, 6.07) is 1.49. The van der Waals surface area contributed by atoms with Gasteiger partial charge >= 0.3 is 0 Å². The topological polar surface area (TPSA) is 76.2 Å². The lowest BCUT2D eigenvalue weighted by molar-refractivity contribution is 0.856. The van der Waals surface area contributed by atoms with Crippen LogP contribution < -0.4 is 11.3 Å². The molecule has 2 aromatic heterocycles. The van der Waals surface area contributed by atoms with E-state index in [1.54, 1.807) is 6.20 Å². The SMILES string of the molecule is NCCc1cc(=O)n2[nH]cc(Br)c2n1. The summed E-state index contributed by atoms with van der Waals surface area (Å²) < 4.78 is 2.15. The Bertz CT molecular complexity index is 516. The molecule has 6 heteroatoms. The van der Waals surface area contributed by atoms with E-state index in [4.69, 9.17) is 5.73 Å². The maximum absolute atomic E-state index is 11.5. The van der Waals surface area contributed by atoms with E-state index in [2.05, 4.69) is 26.0 Å². The number of nitrogens with two attached hydrogens (primary N) is 1. The van der Waals surface area contributed by atoms with Crippen molar-refractivity contribution in [2.24, 2.45) is 5.73 Å². The highest BCUT2D eigenvalue weighted by Crippen LogP contribution is 2.13. The second-order valence-electron chi connectivity index (χ2n) is 2.90. The monoisotopic (exact) mass is 256 g/mol. The lowest BCUT2D eigenvalue weighted by Crippen LogP contribution is -2.17. The van der Waals surface area contributed by atoms with E-state index >= 15 is 0 Å². The van der Waals surface area contributed by atoms with E-state index in [1.165, 1.54) is 10.6 Å². The van der Waals surface area contributed by atoms with Gasteiger partial charge in [0.15, 0.2) is 5.65 Å². The van der Waals surface area contributed by atoms with E-state index in [-0.39, 0.29) is 5.56 Å². The molecule has 0 atom stereocenters. The number of aromatic amines is 1. The minimum Gasteiger partial charge on any atom is -0.330 e. The van der Waals surface area contributed by atoms with E-state index in [0.29, 0.717) is 18.6 Å². The molecule has 0 unspecified atom stereocenters. The van der Waals surface area contributed by atoms with Crippen molar-refractivity contribution in [3.8, 4) is 0 Å². The average molecular weight is 257 g/mol. The molecule has 74 valence electrons. The summed E-state index contributed by atoms with van der Waals surface area (Å²) in [5.41, 5.74) is 6.60.